The van der Waals surface area contributed by atoms with E-state index < -0.39 is 6.43 Å². The number of hydrogen-bond donors (Lipinski definition) is 0. The highest BCUT2D eigenvalue weighted by Crippen LogP contribution is 2.32. The molecule has 1 saturated heterocycles. The third-order valence-corrected chi connectivity index (χ3v) is 4.36. The second-order valence-corrected chi connectivity index (χ2v) is 6.02. The number of likely N-dealkylation sites (tertiary alicyclic amines) is 1. The highest BCUT2D eigenvalue weighted by Gasteiger charge is 2.35. The van der Waals surface area contributed by atoms with Crippen LogP contribution in [0.15, 0.2) is 0 Å². The molecular weight excluding hydrogens is 236 g/mol. The Labute approximate surface area is 108 Å². The van der Waals surface area contributed by atoms with E-state index >= 15 is 0 Å². The molecule has 0 unspecified atom stereocenters. The van der Waals surface area contributed by atoms with E-state index in [1.807, 2.05) is 6.92 Å². The maximum Gasteiger partial charge on any atom is 0.239 e. The van der Waals surface area contributed by atoms with Gasteiger partial charge in [-0.05, 0) is 18.3 Å². The van der Waals surface area contributed by atoms with Crippen LogP contribution in [0.1, 0.15) is 45.4 Å². The van der Waals surface area contributed by atoms with Crippen molar-refractivity contribution in [2.24, 2.45) is 17.8 Å². The second kappa shape index (κ2) is 5.98. The maximum atomic E-state index is 12.2. The van der Waals surface area contributed by atoms with E-state index in [1.54, 1.807) is 4.90 Å². The van der Waals surface area contributed by atoms with Crippen molar-refractivity contribution in [2.45, 2.75) is 51.9 Å². The summed E-state index contributed by atoms with van der Waals surface area (Å²) in [6, 6.07) is 0. The van der Waals surface area contributed by atoms with Crippen molar-refractivity contribution in [1.29, 1.82) is 0 Å². The summed E-state index contributed by atoms with van der Waals surface area (Å²) < 4.78 is 24.3. The van der Waals surface area contributed by atoms with Gasteiger partial charge in [0.05, 0.1) is 0 Å². The molecule has 0 aromatic rings. The molecule has 0 aromatic carbocycles. The molecule has 2 fully saturated rings. The lowest BCUT2D eigenvalue weighted by Crippen LogP contribution is -2.52. The van der Waals surface area contributed by atoms with Crippen molar-refractivity contribution >= 4 is 5.91 Å². The molecule has 1 aliphatic carbocycles. The molecule has 0 N–H and O–H groups in total. The summed E-state index contributed by atoms with van der Waals surface area (Å²) in [5.41, 5.74) is 0. The molecule has 2 aliphatic rings. The van der Waals surface area contributed by atoms with Gasteiger partial charge in [-0.3, -0.25) is 4.79 Å². The average molecular weight is 259 g/mol. The number of hydrogen-bond acceptors (Lipinski definition) is 1. The van der Waals surface area contributed by atoms with Gasteiger partial charge in [0.25, 0.3) is 0 Å². The SMILES string of the molecule is C[C@@H](CC1CCCC1)C(=O)N1CC(CC(F)F)C1. The van der Waals surface area contributed by atoms with Crippen molar-refractivity contribution in [3.63, 3.8) is 0 Å². The Kier molecular flexibility index (Phi) is 4.57. The van der Waals surface area contributed by atoms with Crippen molar-refractivity contribution in [3.05, 3.63) is 0 Å². The Morgan fingerprint density at radius 2 is 1.78 bits per heavy atom. The fourth-order valence-electron chi connectivity index (χ4n) is 3.31. The highest BCUT2D eigenvalue weighted by atomic mass is 19.3. The van der Waals surface area contributed by atoms with Gasteiger partial charge in [-0.25, -0.2) is 8.78 Å². The van der Waals surface area contributed by atoms with Crippen LogP contribution in [0.3, 0.4) is 0 Å². The second-order valence-electron chi connectivity index (χ2n) is 6.02. The minimum Gasteiger partial charge on any atom is -0.342 e. The normalized spacial score (nSPS) is 23.4. The van der Waals surface area contributed by atoms with Gasteiger partial charge in [-0.2, -0.15) is 0 Å². The largest absolute Gasteiger partial charge is 0.342 e. The van der Waals surface area contributed by atoms with Crippen LogP contribution in [-0.4, -0.2) is 30.3 Å². The van der Waals surface area contributed by atoms with Crippen LogP contribution < -0.4 is 0 Å². The Bertz CT molecular complexity index is 284. The summed E-state index contributed by atoms with van der Waals surface area (Å²) in [6.45, 7) is 3.07. The summed E-state index contributed by atoms with van der Waals surface area (Å²) in [6.07, 6.45) is 3.80. The minimum atomic E-state index is -2.23. The van der Waals surface area contributed by atoms with E-state index in [1.165, 1.54) is 25.7 Å². The molecule has 1 atom stereocenters. The van der Waals surface area contributed by atoms with E-state index in [4.69, 9.17) is 0 Å². The number of alkyl halides is 2. The van der Waals surface area contributed by atoms with Crippen molar-refractivity contribution in [2.75, 3.05) is 13.1 Å². The zero-order valence-corrected chi connectivity index (χ0v) is 11.1. The Balaban J connectivity index is 1.68. The van der Waals surface area contributed by atoms with Crippen LogP contribution in [0.2, 0.25) is 0 Å². The average Bonchev–Trinajstić information content (AvgIpc) is 2.74. The fraction of sp³-hybridized carbons (Fsp3) is 0.929. The van der Waals surface area contributed by atoms with E-state index in [0.29, 0.717) is 19.0 Å². The van der Waals surface area contributed by atoms with Crippen molar-refractivity contribution in [3.8, 4) is 0 Å². The lowest BCUT2D eigenvalue weighted by atomic mass is 9.90. The Morgan fingerprint density at radius 1 is 1.17 bits per heavy atom. The monoisotopic (exact) mass is 259 g/mol. The first-order chi connectivity index (χ1) is 8.56. The molecule has 0 radical (unpaired) electrons. The number of nitrogens with zero attached hydrogens (tertiary/aromatic N) is 1. The number of rotatable bonds is 5. The third kappa shape index (κ3) is 3.42. The van der Waals surface area contributed by atoms with Gasteiger partial charge in [0.1, 0.15) is 0 Å². The predicted molar refractivity (Wildman–Crippen MR) is 66.4 cm³/mol. The molecule has 1 saturated carbocycles. The molecule has 1 aliphatic heterocycles. The Morgan fingerprint density at radius 3 is 2.33 bits per heavy atom. The summed E-state index contributed by atoms with van der Waals surface area (Å²) in [7, 11) is 0. The topological polar surface area (TPSA) is 20.3 Å². The fourth-order valence-corrected chi connectivity index (χ4v) is 3.31. The van der Waals surface area contributed by atoms with Gasteiger partial charge in [-0.15, -0.1) is 0 Å². The molecule has 104 valence electrons. The van der Waals surface area contributed by atoms with E-state index in [9.17, 15) is 13.6 Å². The third-order valence-electron chi connectivity index (χ3n) is 4.36. The van der Waals surface area contributed by atoms with Crippen molar-refractivity contribution in [1.82, 2.24) is 4.90 Å². The molecule has 2 rings (SSSR count). The molecule has 0 bridgehead atoms. The zero-order valence-electron chi connectivity index (χ0n) is 11.1. The highest BCUT2D eigenvalue weighted by molar-refractivity contribution is 5.79. The van der Waals surface area contributed by atoms with Gasteiger partial charge < -0.3 is 4.90 Å². The van der Waals surface area contributed by atoms with Crippen LogP contribution in [-0.2, 0) is 4.79 Å². The summed E-state index contributed by atoms with van der Waals surface area (Å²) in [5, 5.41) is 0. The number of amides is 1. The molecular formula is C14H23F2NO. The first-order valence-corrected chi connectivity index (χ1v) is 7.13. The van der Waals surface area contributed by atoms with Gasteiger partial charge >= 0.3 is 0 Å². The van der Waals surface area contributed by atoms with E-state index in [2.05, 4.69) is 0 Å². The number of carbonyl (C=O) groups excluding carboxylic acids is 1. The lowest BCUT2D eigenvalue weighted by molar-refractivity contribution is -0.143. The van der Waals surface area contributed by atoms with Crippen LogP contribution in [0, 0.1) is 17.8 Å². The minimum absolute atomic E-state index is 0.0210. The first kappa shape index (κ1) is 13.8. The van der Waals surface area contributed by atoms with Crippen LogP contribution in [0.5, 0.6) is 0 Å². The molecule has 4 heteroatoms. The smallest absolute Gasteiger partial charge is 0.239 e. The Hall–Kier alpha value is -0.670. The molecule has 18 heavy (non-hydrogen) atoms. The van der Waals surface area contributed by atoms with Crippen LogP contribution in [0.4, 0.5) is 8.78 Å². The predicted octanol–water partition coefficient (Wildman–Crippen LogP) is 3.32. The molecule has 0 spiro atoms. The molecule has 0 aromatic heterocycles. The summed E-state index contributed by atoms with van der Waals surface area (Å²) in [4.78, 5) is 13.8. The van der Waals surface area contributed by atoms with Crippen molar-refractivity contribution < 1.29 is 13.6 Å². The number of carbonyl (C=O) groups is 1. The molecule has 1 amide bonds. The van der Waals surface area contributed by atoms with Gasteiger partial charge in [0.2, 0.25) is 12.3 Å². The zero-order chi connectivity index (χ0) is 13.1. The quantitative estimate of drug-likeness (QED) is 0.741. The standard InChI is InChI=1S/C14H23F2NO/c1-10(6-11-4-2-3-5-11)14(18)17-8-12(9-17)7-13(15)16/h10-13H,2-9H2,1H3/t10-/m0/s1. The first-order valence-electron chi connectivity index (χ1n) is 7.13. The summed E-state index contributed by atoms with van der Waals surface area (Å²) >= 11 is 0. The van der Waals surface area contributed by atoms with Crippen LogP contribution in [0.25, 0.3) is 0 Å². The van der Waals surface area contributed by atoms with Crippen LogP contribution >= 0.6 is 0 Å². The molecule has 2 nitrogen and oxygen atoms in total. The van der Waals surface area contributed by atoms with Gasteiger partial charge in [-0.1, -0.05) is 32.6 Å². The van der Waals surface area contributed by atoms with E-state index in [0.717, 1.165) is 6.42 Å². The van der Waals surface area contributed by atoms with E-state index in [-0.39, 0.29) is 24.2 Å². The summed E-state index contributed by atoms with van der Waals surface area (Å²) in [5.74, 6) is 0.975. The van der Waals surface area contributed by atoms with Gasteiger partial charge in [0.15, 0.2) is 0 Å². The lowest BCUT2D eigenvalue weighted by Gasteiger charge is -2.41. The number of halogens is 2. The van der Waals surface area contributed by atoms with Gasteiger partial charge in [0, 0.05) is 25.4 Å². The maximum absolute atomic E-state index is 12.2. The molecule has 1 heterocycles.